The monoisotopic (exact) mass is 401 g/mol. The van der Waals surface area contributed by atoms with Crippen molar-refractivity contribution in [1.29, 1.82) is 0 Å². The predicted octanol–water partition coefficient (Wildman–Crippen LogP) is 3.47. The van der Waals surface area contributed by atoms with E-state index in [0.717, 1.165) is 6.61 Å². The maximum absolute atomic E-state index is 6.16. The van der Waals surface area contributed by atoms with Crippen molar-refractivity contribution in [2.75, 3.05) is 19.7 Å². The fraction of sp³-hybridized carbons (Fsp3) is 1.00. The number of hydrogen-bond donors (Lipinski definition) is 0. The van der Waals surface area contributed by atoms with Crippen LogP contribution < -0.4 is 0 Å². The molecule has 0 radical (unpaired) electrons. The summed E-state index contributed by atoms with van der Waals surface area (Å²) in [7, 11) is 0. The first-order valence-electron chi connectivity index (χ1n) is 5.75. The summed E-state index contributed by atoms with van der Waals surface area (Å²) in [5, 5.41) is -1.23. The second-order valence-corrected chi connectivity index (χ2v) is 14.4. The summed E-state index contributed by atoms with van der Waals surface area (Å²) < 4.78 is 8.82. The van der Waals surface area contributed by atoms with Crippen molar-refractivity contribution in [2.24, 2.45) is 5.41 Å². The molecule has 0 aromatic carbocycles. The molecule has 0 amide bonds. The minimum atomic E-state index is -1.23. The number of nitrogens with zero attached hydrogens (tertiary/aromatic N) is 1. The quantitative estimate of drug-likeness (QED) is 0.658. The van der Waals surface area contributed by atoms with Crippen LogP contribution in [0.25, 0.3) is 0 Å². The summed E-state index contributed by atoms with van der Waals surface area (Å²) in [6.45, 7) is 15.0. The summed E-state index contributed by atoms with van der Waals surface area (Å²) >= 11 is 1.66. The van der Waals surface area contributed by atoms with Gasteiger partial charge < -0.3 is 0 Å². The van der Waals surface area contributed by atoms with Crippen molar-refractivity contribution in [3.05, 3.63) is 0 Å². The predicted molar refractivity (Wildman–Crippen MR) is 63.7 cm³/mol. The molecule has 0 aromatic heterocycles. The van der Waals surface area contributed by atoms with Gasteiger partial charge in [0.2, 0.25) is 0 Å². The second-order valence-electron chi connectivity index (χ2n) is 5.79. The molecule has 1 saturated heterocycles. The summed E-state index contributed by atoms with van der Waals surface area (Å²) in [5.74, 6) is 0. The van der Waals surface area contributed by atoms with E-state index in [2.05, 4.69) is 39.3 Å². The van der Waals surface area contributed by atoms with Gasteiger partial charge in [0.15, 0.2) is 0 Å². The molecule has 1 aliphatic heterocycles. The van der Waals surface area contributed by atoms with E-state index in [1.54, 1.807) is 18.8 Å². The Kier molecular flexibility index (Phi) is 4.82. The van der Waals surface area contributed by atoms with Gasteiger partial charge in [-0.2, -0.15) is 0 Å². The molecule has 0 aromatic rings. The Morgan fingerprint density at radius 2 is 2.00 bits per heavy atom. The van der Waals surface area contributed by atoms with Crippen LogP contribution in [0.4, 0.5) is 0 Å². The average Bonchev–Trinajstić information content (AvgIpc) is 2.06. The third kappa shape index (κ3) is 3.77. The molecule has 0 spiro atoms. The zero-order valence-corrected chi connectivity index (χ0v) is 14.4. The van der Waals surface area contributed by atoms with E-state index in [4.69, 9.17) is 4.52 Å². The summed E-state index contributed by atoms with van der Waals surface area (Å²) in [4.78, 5) is 0. The molecule has 0 aliphatic carbocycles. The van der Waals surface area contributed by atoms with Gasteiger partial charge in [0.05, 0.1) is 0 Å². The van der Waals surface area contributed by atoms with E-state index < -0.39 is 5.27 Å². The van der Waals surface area contributed by atoms with Crippen molar-refractivity contribution >= 4 is 5.27 Å². The first kappa shape index (κ1) is 14.1. The van der Waals surface area contributed by atoms with E-state index in [9.17, 15) is 0 Å². The number of hydrogen-bond acceptors (Lipinski definition) is 2. The van der Waals surface area contributed by atoms with Gasteiger partial charge in [-0.15, -0.1) is 0 Å². The standard InChI is InChI=1S/C11H24NOP.W/c1-10(2)14-12(7-6-8-13-14)9-11(3,4)5;/h10H,6-9H2,1-5H3;. The molecule has 90 valence electrons. The van der Waals surface area contributed by atoms with Crippen LogP contribution in [0, 0.1) is 5.41 Å². The molecule has 1 fully saturated rings. The topological polar surface area (TPSA) is 12.5 Å². The molecule has 0 saturated carbocycles. The van der Waals surface area contributed by atoms with Gasteiger partial charge in [0.1, 0.15) is 0 Å². The molecule has 0 bridgehead atoms. The van der Waals surface area contributed by atoms with Crippen molar-refractivity contribution in [2.45, 2.75) is 46.7 Å². The second kappa shape index (κ2) is 5.13. The molecule has 15 heavy (non-hydrogen) atoms. The fourth-order valence-electron chi connectivity index (χ4n) is 1.86. The maximum atomic E-state index is 6.16. The van der Waals surface area contributed by atoms with Gasteiger partial charge in [-0.3, -0.25) is 0 Å². The van der Waals surface area contributed by atoms with E-state index in [1.807, 2.05) is 0 Å². The van der Waals surface area contributed by atoms with Crippen LogP contribution in [0.5, 0.6) is 0 Å². The Hall–Kier alpha value is 1.04. The molecule has 1 aliphatic rings. The Balaban J connectivity index is 2.79. The third-order valence-corrected chi connectivity index (χ3v) is 13.7. The minimum absolute atomic E-state index is 0.385. The van der Waals surface area contributed by atoms with E-state index in [1.165, 1.54) is 19.5 Å². The van der Waals surface area contributed by atoms with E-state index >= 15 is 0 Å². The summed E-state index contributed by atoms with van der Waals surface area (Å²) in [6.07, 6.45) is 1.21. The fourth-order valence-corrected chi connectivity index (χ4v) is 6.72. The Labute approximate surface area is 105 Å². The SMILES string of the molecule is CC(C)[P]1(=[W])OCCCN1CC(C)(C)C. The van der Waals surface area contributed by atoms with Crippen LogP contribution in [0.15, 0.2) is 0 Å². The first-order chi connectivity index (χ1) is 6.76. The molecule has 1 heterocycles. The molecular formula is C11H24NOPW. The zero-order valence-electron chi connectivity index (χ0n) is 10.6. The Morgan fingerprint density at radius 1 is 1.40 bits per heavy atom. The van der Waals surface area contributed by atoms with Crippen molar-refractivity contribution in [3.8, 4) is 0 Å². The molecule has 4 heteroatoms. The zero-order chi connectivity index (χ0) is 11.7. The van der Waals surface area contributed by atoms with Crippen LogP contribution in [0.1, 0.15) is 41.0 Å². The molecule has 1 atom stereocenters. The molecular weight excluding hydrogens is 377 g/mol. The van der Waals surface area contributed by atoms with Gasteiger partial charge in [-0.05, 0) is 0 Å². The van der Waals surface area contributed by atoms with Crippen molar-refractivity contribution in [3.63, 3.8) is 0 Å². The van der Waals surface area contributed by atoms with Crippen LogP contribution in [-0.4, -0.2) is 30.0 Å². The summed E-state index contributed by atoms with van der Waals surface area (Å²) in [6, 6.07) is 0. The molecule has 2 nitrogen and oxygen atoms in total. The van der Waals surface area contributed by atoms with Gasteiger partial charge in [-0.25, -0.2) is 0 Å². The third-order valence-electron chi connectivity index (χ3n) is 2.54. The average molecular weight is 401 g/mol. The van der Waals surface area contributed by atoms with Crippen molar-refractivity contribution in [1.82, 2.24) is 4.67 Å². The van der Waals surface area contributed by atoms with Gasteiger partial charge in [0, 0.05) is 0 Å². The molecule has 0 N–H and O–H groups in total. The van der Waals surface area contributed by atoms with Gasteiger partial charge in [-0.1, -0.05) is 0 Å². The Bertz CT molecular complexity index is 260. The normalized spacial score (nSPS) is 29.7. The summed E-state index contributed by atoms with van der Waals surface area (Å²) in [5.41, 5.74) is 1.08. The van der Waals surface area contributed by atoms with Crippen LogP contribution in [-0.2, 0) is 23.3 Å². The van der Waals surface area contributed by atoms with Crippen LogP contribution in [0.3, 0.4) is 0 Å². The van der Waals surface area contributed by atoms with E-state index in [0.29, 0.717) is 11.1 Å². The van der Waals surface area contributed by atoms with E-state index in [-0.39, 0.29) is 0 Å². The van der Waals surface area contributed by atoms with Crippen LogP contribution >= 0.6 is 5.27 Å². The van der Waals surface area contributed by atoms with Crippen molar-refractivity contribution < 1.29 is 23.3 Å². The molecule has 1 rings (SSSR count). The first-order valence-corrected chi connectivity index (χ1v) is 11.3. The van der Waals surface area contributed by atoms with Gasteiger partial charge >= 0.3 is 105 Å². The van der Waals surface area contributed by atoms with Gasteiger partial charge in [0.25, 0.3) is 0 Å². The number of rotatable bonds is 2. The molecule has 1 unspecified atom stereocenters. The van der Waals surface area contributed by atoms with Crippen LogP contribution in [0.2, 0.25) is 0 Å². The Morgan fingerprint density at radius 3 is 2.47 bits per heavy atom.